The number of rotatable bonds is 8. The monoisotopic (exact) mass is 417 g/mol. The second kappa shape index (κ2) is 10.4. The van der Waals surface area contributed by atoms with Gasteiger partial charge in [-0.15, -0.1) is 6.58 Å². The normalized spacial score (nSPS) is 22.7. The van der Waals surface area contributed by atoms with Crippen molar-refractivity contribution in [2.45, 2.75) is 89.8 Å². The second-order valence-corrected chi connectivity index (χ2v) is 14.5. The summed E-state index contributed by atoms with van der Waals surface area (Å²) in [4.78, 5) is 12.5. The summed E-state index contributed by atoms with van der Waals surface area (Å²) in [7, 11) is -1.96. The van der Waals surface area contributed by atoms with Gasteiger partial charge in [0.15, 0.2) is 8.32 Å². The first-order valence-electron chi connectivity index (χ1n) is 10.9. The van der Waals surface area contributed by atoms with Crippen molar-refractivity contribution < 1.29 is 14.0 Å². The zero-order valence-corrected chi connectivity index (χ0v) is 19.9. The first kappa shape index (κ1) is 23.7. The van der Waals surface area contributed by atoms with Crippen molar-refractivity contribution >= 4 is 14.4 Å². The van der Waals surface area contributed by atoms with Gasteiger partial charge in [0.25, 0.3) is 0 Å². The standard InChI is InChI=1S/C24H39NO3Si/c1-7-8-15-20-16-12-17-21(22(20)28-29(5,6)24(2,3)4)25-23(26)27-18-19-13-10-9-11-14-19/h7,9-11,13-14,20-22H,1,8,12,15-18H2,2-6H3,(H,25,26)/t20-,21+,22?/m0/s1. The van der Waals surface area contributed by atoms with Crippen LogP contribution < -0.4 is 5.32 Å². The molecular formula is C24H39NO3Si. The molecule has 0 heterocycles. The fourth-order valence-corrected chi connectivity index (χ4v) is 5.05. The third-order valence-corrected chi connectivity index (χ3v) is 10.9. The van der Waals surface area contributed by atoms with Gasteiger partial charge in [0.2, 0.25) is 0 Å². The number of carbonyl (C=O) groups excluding carboxylic acids is 1. The van der Waals surface area contributed by atoms with E-state index in [9.17, 15) is 4.79 Å². The molecule has 0 saturated heterocycles. The molecule has 1 aromatic carbocycles. The van der Waals surface area contributed by atoms with E-state index in [1.54, 1.807) is 0 Å². The van der Waals surface area contributed by atoms with Gasteiger partial charge in [0.1, 0.15) is 6.61 Å². The van der Waals surface area contributed by atoms with Crippen molar-refractivity contribution in [3.8, 4) is 0 Å². The Balaban J connectivity index is 2.06. The van der Waals surface area contributed by atoms with Gasteiger partial charge in [-0.3, -0.25) is 0 Å². The number of hydrogen-bond donors (Lipinski definition) is 1. The number of carbonyl (C=O) groups is 1. The summed E-state index contributed by atoms with van der Waals surface area (Å²) < 4.78 is 12.3. The van der Waals surface area contributed by atoms with E-state index < -0.39 is 8.32 Å². The minimum absolute atomic E-state index is 0.00374. The molecule has 29 heavy (non-hydrogen) atoms. The van der Waals surface area contributed by atoms with E-state index in [2.05, 4.69) is 45.8 Å². The highest BCUT2D eigenvalue weighted by Crippen LogP contribution is 2.41. The van der Waals surface area contributed by atoms with E-state index in [1.807, 2.05) is 36.4 Å². The fraction of sp³-hybridized carbons (Fsp3) is 0.625. The van der Waals surface area contributed by atoms with Gasteiger partial charge < -0.3 is 14.5 Å². The Labute approximate surface area is 178 Å². The molecule has 0 aliphatic heterocycles. The zero-order chi connectivity index (χ0) is 21.5. The largest absolute Gasteiger partial charge is 0.445 e. The lowest BCUT2D eigenvalue weighted by atomic mass is 9.80. The van der Waals surface area contributed by atoms with Crippen LogP contribution in [0.1, 0.15) is 58.4 Å². The van der Waals surface area contributed by atoms with E-state index >= 15 is 0 Å². The average Bonchev–Trinajstić information content (AvgIpc) is 2.66. The van der Waals surface area contributed by atoms with Gasteiger partial charge in [-0.2, -0.15) is 0 Å². The Morgan fingerprint density at radius 3 is 2.55 bits per heavy atom. The molecule has 2 rings (SSSR count). The number of amides is 1. The molecule has 0 spiro atoms. The van der Waals surface area contributed by atoms with E-state index in [0.717, 1.165) is 37.7 Å². The van der Waals surface area contributed by atoms with Crippen LogP contribution in [0.15, 0.2) is 43.0 Å². The Morgan fingerprint density at radius 2 is 1.93 bits per heavy atom. The van der Waals surface area contributed by atoms with Crippen molar-refractivity contribution in [2.75, 3.05) is 0 Å². The smallest absolute Gasteiger partial charge is 0.407 e. The molecule has 1 saturated carbocycles. The summed E-state index contributed by atoms with van der Waals surface area (Å²) in [6.07, 6.45) is 6.88. The number of alkyl carbamates (subject to hydrolysis) is 1. The Bertz CT molecular complexity index is 654. The number of nitrogens with one attached hydrogen (secondary N) is 1. The van der Waals surface area contributed by atoms with E-state index in [-0.39, 0.29) is 29.9 Å². The highest BCUT2D eigenvalue weighted by Gasteiger charge is 2.44. The molecule has 1 fully saturated rings. The van der Waals surface area contributed by atoms with Crippen molar-refractivity contribution in [1.82, 2.24) is 5.32 Å². The van der Waals surface area contributed by atoms with Gasteiger partial charge in [-0.1, -0.05) is 63.6 Å². The molecule has 1 amide bonds. The number of allylic oxidation sites excluding steroid dienone is 1. The Hall–Kier alpha value is -1.59. The fourth-order valence-electron chi connectivity index (χ4n) is 3.66. The molecule has 0 aromatic heterocycles. The summed E-state index contributed by atoms with van der Waals surface area (Å²) in [5.74, 6) is 0.440. The molecule has 1 aliphatic rings. The Morgan fingerprint density at radius 1 is 1.24 bits per heavy atom. The van der Waals surface area contributed by atoms with Crippen LogP contribution in [0.5, 0.6) is 0 Å². The Kier molecular flexibility index (Phi) is 8.53. The summed E-state index contributed by atoms with van der Waals surface area (Å²) in [6.45, 7) is 15.5. The van der Waals surface area contributed by atoms with Crippen molar-refractivity contribution in [1.29, 1.82) is 0 Å². The molecule has 1 N–H and O–H groups in total. The summed E-state index contributed by atoms with van der Waals surface area (Å²) in [6, 6.07) is 9.77. The van der Waals surface area contributed by atoms with E-state index in [0.29, 0.717) is 5.92 Å². The summed E-state index contributed by atoms with van der Waals surface area (Å²) in [5.41, 5.74) is 0.990. The maximum absolute atomic E-state index is 12.5. The lowest BCUT2D eigenvalue weighted by molar-refractivity contribution is 0.0394. The van der Waals surface area contributed by atoms with Crippen LogP contribution in [-0.2, 0) is 15.8 Å². The predicted molar refractivity (Wildman–Crippen MR) is 122 cm³/mol. The first-order valence-corrected chi connectivity index (χ1v) is 13.8. The summed E-state index contributed by atoms with van der Waals surface area (Å²) >= 11 is 0. The highest BCUT2D eigenvalue weighted by atomic mass is 28.4. The highest BCUT2D eigenvalue weighted by molar-refractivity contribution is 6.74. The van der Waals surface area contributed by atoms with Crippen LogP contribution in [-0.4, -0.2) is 26.6 Å². The topological polar surface area (TPSA) is 47.6 Å². The average molecular weight is 418 g/mol. The molecule has 3 atom stereocenters. The molecule has 162 valence electrons. The molecule has 5 heteroatoms. The van der Waals surface area contributed by atoms with Crippen LogP contribution in [0.3, 0.4) is 0 Å². The maximum atomic E-state index is 12.5. The van der Waals surface area contributed by atoms with Crippen molar-refractivity contribution in [3.05, 3.63) is 48.6 Å². The predicted octanol–water partition coefficient (Wildman–Crippen LogP) is 6.44. The van der Waals surface area contributed by atoms with Crippen LogP contribution in [0.2, 0.25) is 18.1 Å². The molecule has 1 aromatic rings. The third-order valence-electron chi connectivity index (χ3n) is 6.45. The van der Waals surface area contributed by atoms with Crippen LogP contribution in [0, 0.1) is 5.92 Å². The molecule has 1 aliphatic carbocycles. The third kappa shape index (κ3) is 7.00. The molecular weight excluding hydrogens is 378 g/mol. The van der Waals surface area contributed by atoms with Gasteiger partial charge >= 0.3 is 6.09 Å². The number of ether oxygens (including phenoxy) is 1. The lowest BCUT2D eigenvalue weighted by Crippen LogP contribution is -2.55. The van der Waals surface area contributed by atoms with Crippen LogP contribution >= 0.6 is 0 Å². The minimum Gasteiger partial charge on any atom is -0.445 e. The van der Waals surface area contributed by atoms with Crippen LogP contribution in [0.25, 0.3) is 0 Å². The van der Waals surface area contributed by atoms with E-state index in [4.69, 9.17) is 9.16 Å². The SMILES string of the molecule is C=CCC[C@H]1CCC[C@@H](NC(=O)OCc2ccccc2)C1O[Si](C)(C)C(C)(C)C. The quantitative estimate of drug-likeness (QED) is 0.391. The maximum Gasteiger partial charge on any atom is 0.407 e. The molecule has 0 bridgehead atoms. The van der Waals surface area contributed by atoms with Crippen molar-refractivity contribution in [3.63, 3.8) is 0 Å². The van der Waals surface area contributed by atoms with E-state index in [1.165, 1.54) is 0 Å². The van der Waals surface area contributed by atoms with Gasteiger partial charge in [-0.05, 0) is 55.3 Å². The van der Waals surface area contributed by atoms with Gasteiger partial charge in [0.05, 0.1) is 12.1 Å². The first-order chi connectivity index (χ1) is 13.6. The molecule has 4 nitrogen and oxygen atoms in total. The van der Waals surface area contributed by atoms with Crippen LogP contribution in [0.4, 0.5) is 4.79 Å². The lowest BCUT2D eigenvalue weighted by Gasteiger charge is -2.46. The second-order valence-electron chi connectivity index (χ2n) is 9.71. The number of hydrogen-bond acceptors (Lipinski definition) is 3. The number of benzene rings is 1. The molecule has 1 unspecified atom stereocenters. The summed E-state index contributed by atoms with van der Waals surface area (Å²) in [5, 5.41) is 3.26. The molecule has 0 radical (unpaired) electrons. The van der Waals surface area contributed by atoms with Gasteiger partial charge in [0, 0.05) is 0 Å². The minimum atomic E-state index is -1.96. The zero-order valence-electron chi connectivity index (χ0n) is 18.9. The van der Waals surface area contributed by atoms with Crippen molar-refractivity contribution in [2.24, 2.45) is 5.92 Å². The van der Waals surface area contributed by atoms with Gasteiger partial charge in [-0.25, -0.2) is 4.79 Å².